The molecule has 2 rings (SSSR count). The molecule has 1 atom stereocenters. The van der Waals surface area contributed by atoms with Crippen LogP contribution in [0.2, 0.25) is 0 Å². The molecule has 5 nitrogen and oxygen atoms in total. The molecular formula is C14H19N3O2. The van der Waals surface area contributed by atoms with E-state index in [-0.39, 0.29) is 0 Å². The van der Waals surface area contributed by atoms with Gasteiger partial charge >= 0.3 is 5.97 Å². The molecule has 0 aliphatic rings. The number of carbonyl (C=O) groups is 1. The fourth-order valence-corrected chi connectivity index (χ4v) is 2.35. The maximum Gasteiger partial charge on any atom is 0.306 e. The van der Waals surface area contributed by atoms with Crippen LogP contribution in [0.3, 0.4) is 0 Å². The molecule has 1 N–H and O–H groups in total. The number of hydrogen-bond donors (Lipinski definition) is 1. The van der Waals surface area contributed by atoms with Crippen LogP contribution in [0.5, 0.6) is 0 Å². The van der Waals surface area contributed by atoms with E-state index in [1.807, 2.05) is 31.6 Å². The predicted molar refractivity (Wildman–Crippen MR) is 73.2 cm³/mol. The predicted octanol–water partition coefficient (Wildman–Crippen LogP) is 2.33. The molecule has 0 fully saturated rings. The van der Waals surface area contributed by atoms with Crippen molar-refractivity contribution in [2.75, 3.05) is 0 Å². The van der Waals surface area contributed by atoms with E-state index in [4.69, 9.17) is 5.11 Å². The van der Waals surface area contributed by atoms with E-state index in [0.29, 0.717) is 6.42 Å². The van der Waals surface area contributed by atoms with Crippen molar-refractivity contribution in [1.82, 2.24) is 14.8 Å². The number of pyridine rings is 1. The van der Waals surface area contributed by atoms with Gasteiger partial charge in [-0.05, 0) is 38.3 Å². The lowest BCUT2D eigenvalue weighted by molar-refractivity contribution is -0.141. The van der Waals surface area contributed by atoms with Gasteiger partial charge in [-0.3, -0.25) is 4.79 Å². The zero-order chi connectivity index (χ0) is 14.2. The molecule has 2 aromatic heterocycles. The van der Waals surface area contributed by atoms with Gasteiger partial charge in [-0.25, -0.2) is 9.67 Å². The fraction of sp³-hybridized carbons (Fsp3) is 0.500. The Morgan fingerprint density at radius 1 is 1.47 bits per heavy atom. The molecule has 102 valence electrons. The van der Waals surface area contributed by atoms with Crippen molar-refractivity contribution in [3.05, 3.63) is 23.0 Å². The first-order valence-electron chi connectivity index (χ1n) is 6.50. The van der Waals surface area contributed by atoms with E-state index in [1.165, 1.54) is 0 Å². The van der Waals surface area contributed by atoms with Crippen molar-refractivity contribution in [2.24, 2.45) is 5.92 Å². The van der Waals surface area contributed by atoms with Gasteiger partial charge in [-0.2, -0.15) is 5.10 Å². The van der Waals surface area contributed by atoms with Crippen LogP contribution in [0.25, 0.3) is 11.0 Å². The summed E-state index contributed by atoms with van der Waals surface area (Å²) in [4.78, 5) is 15.6. The fourth-order valence-electron chi connectivity index (χ4n) is 2.35. The number of hydrogen-bond acceptors (Lipinski definition) is 3. The Labute approximate surface area is 112 Å². The molecule has 0 saturated carbocycles. The maximum absolute atomic E-state index is 11.0. The molecule has 19 heavy (non-hydrogen) atoms. The van der Waals surface area contributed by atoms with Crippen LogP contribution in [0.15, 0.2) is 6.20 Å². The highest BCUT2D eigenvalue weighted by atomic mass is 16.4. The molecule has 0 aliphatic heterocycles. The Morgan fingerprint density at radius 3 is 2.74 bits per heavy atom. The van der Waals surface area contributed by atoms with Gasteiger partial charge in [0.1, 0.15) is 0 Å². The Bertz CT molecular complexity index is 631. The lowest BCUT2D eigenvalue weighted by atomic mass is 9.95. The van der Waals surface area contributed by atoms with Crippen LogP contribution in [-0.4, -0.2) is 25.8 Å². The van der Waals surface area contributed by atoms with Gasteiger partial charge in [0.25, 0.3) is 0 Å². The van der Waals surface area contributed by atoms with Crippen LogP contribution in [0.1, 0.15) is 30.7 Å². The number of aryl methyl sites for hydroxylation is 3. The Balaban J connectivity index is 2.54. The summed E-state index contributed by atoms with van der Waals surface area (Å²) in [5.41, 5.74) is 3.89. The summed E-state index contributed by atoms with van der Waals surface area (Å²) in [5.74, 6) is -1.18. The van der Waals surface area contributed by atoms with Gasteiger partial charge in [-0.15, -0.1) is 0 Å². The summed E-state index contributed by atoms with van der Waals surface area (Å²) >= 11 is 0. The van der Waals surface area contributed by atoms with Gasteiger partial charge in [0.05, 0.1) is 12.1 Å². The van der Waals surface area contributed by atoms with E-state index >= 15 is 0 Å². The van der Waals surface area contributed by atoms with Crippen molar-refractivity contribution < 1.29 is 9.90 Å². The summed E-state index contributed by atoms with van der Waals surface area (Å²) in [7, 11) is 0. The molecule has 1 unspecified atom stereocenters. The van der Waals surface area contributed by atoms with Crippen molar-refractivity contribution >= 4 is 17.0 Å². The average molecular weight is 261 g/mol. The molecule has 2 heterocycles. The van der Waals surface area contributed by atoms with E-state index in [9.17, 15) is 4.79 Å². The lowest BCUT2D eigenvalue weighted by Crippen LogP contribution is -2.14. The molecule has 0 spiro atoms. The standard InChI is InChI=1S/C14H19N3O2/c1-5-17-13-12(7-15-17)9(3)11(10(4)16-13)6-8(2)14(18)19/h7-8H,5-6H2,1-4H3,(H,18,19). The van der Waals surface area contributed by atoms with E-state index < -0.39 is 11.9 Å². The zero-order valence-electron chi connectivity index (χ0n) is 11.8. The van der Waals surface area contributed by atoms with Gasteiger partial charge < -0.3 is 5.11 Å². The summed E-state index contributed by atoms with van der Waals surface area (Å²) in [6, 6.07) is 0. The van der Waals surface area contributed by atoms with E-state index in [2.05, 4.69) is 10.1 Å². The SMILES string of the molecule is CCn1ncc2c(C)c(CC(C)C(=O)O)c(C)nc21. The van der Waals surface area contributed by atoms with Crippen molar-refractivity contribution in [3.8, 4) is 0 Å². The monoisotopic (exact) mass is 261 g/mol. The molecule has 0 saturated heterocycles. The number of rotatable bonds is 4. The highest BCUT2D eigenvalue weighted by Gasteiger charge is 2.18. The number of aromatic nitrogens is 3. The Kier molecular flexibility index (Phi) is 3.55. The third-order valence-corrected chi connectivity index (χ3v) is 3.61. The van der Waals surface area contributed by atoms with Crippen LogP contribution in [-0.2, 0) is 17.8 Å². The third-order valence-electron chi connectivity index (χ3n) is 3.61. The molecule has 0 radical (unpaired) electrons. The van der Waals surface area contributed by atoms with Crippen molar-refractivity contribution in [2.45, 2.75) is 40.7 Å². The van der Waals surface area contributed by atoms with Crippen LogP contribution >= 0.6 is 0 Å². The highest BCUT2D eigenvalue weighted by molar-refractivity contribution is 5.80. The third kappa shape index (κ3) is 2.32. The lowest BCUT2D eigenvalue weighted by Gasteiger charge is -2.13. The zero-order valence-corrected chi connectivity index (χ0v) is 11.8. The van der Waals surface area contributed by atoms with Crippen LogP contribution in [0, 0.1) is 19.8 Å². The largest absolute Gasteiger partial charge is 0.481 e. The molecule has 2 aromatic rings. The molecule has 0 aliphatic carbocycles. The number of fused-ring (bicyclic) bond motifs is 1. The number of carboxylic acids is 1. The second-order valence-electron chi connectivity index (χ2n) is 4.94. The first-order valence-corrected chi connectivity index (χ1v) is 6.50. The summed E-state index contributed by atoms with van der Waals surface area (Å²) in [6.45, 7) is 8.48. The van der Waals surface area contributed by atoms with Gasteiger partial charge in [0, 0.05) is 17.6 Å². The first-order chi connectivity index (χ1) is 8.95. The molecule has 5 heteroatoms. The molecular weight excluding hydrogens is 242 g/mol. The summed E-state index contributed by atoms with van der Waals surface area (Å²) in [5, 5.41) is 14.4. The van der Waals surface area contributed by atoms with E-state index in [0.717, 1.165) is 34.4 Å². The topological polar surface area (TPSA) is 68.0 Å². The molecule has 0 bridgehead atoms. The highest BCUT2D eigenvalue weighted by Crippen LogP contribution is 2.24. The summed E-state index contributed by atoms with van der Waals surface area (Å²) in [6.07, 6.45) is 2.32. The molecule has 0 aromatic carbocycles. The normalized spacial score (nSPS) is 12.8. The number of nitrogens with zero attached hydrogens (tertiary/aromatic N) is 3. The second-order valence-corrected chi connectivity index (χ2v) is 4.94. The van der Waals surface area contributed by atoms with Gasteiger partial charge in [-0.1, -0.05) is 6.92 Å². The maximum atomic E-state index is 11.0. The summed E-state index contributed by atoms with van der Waals surface area (Å²) < 4.78 is 1.86. The van der Waals surface area contributed by atoms with Crippen molar-refractivity contribution in [1.29, 1.82) is 0 Å². The minimum absolute atomic E-state index is 0.405. The smallest absolute Gasteiger partial charge is 0.306 e. The van der Waals surface area contributed by atoms with Crippen LogP contribution < -0.4 is 0 Å². The average Bonchev–Trinajstić information content (AvgIpc) is 2.76. The Morgan fingerprint density at radius 2 is 2.16 bits per heavy atom. The minimum atomic E-state index is -0.775. The Hall–Kier alpha value is -1.91. The van der Waals surface area contributed by atoms with Gasteiger partial charge in [0.15, 0.2) is 5.65 Å². The molecule has 0 amide bonds. The quantitative estimate of drug-likeness (QED) is 0.917. The van der Waals surface area contributed by atoms with Gasteiger partial charge in [0.2, 0.25) is 0 Å². The van der Waals surface area contributed by atoms with Crippen LogP contribution in [0.4, 0.5) is 0 Å². The number of carboxylic acid groups (broad SMARTS) is 1. The van der Waals surface area contributed by atoms with Crippen molar-refractivity contribution in [3.63, 3.8) is 0 Å². The van der Waals surface area contributed by atoms with E-state index in [1.54, 1.807) is 6.92 Å². The minimum Gasteiger partial charge on any atom is -0.481 e. The number of aliphatic carboxylic acids is 1. The second kappa shape index (κ2) is 4.99. The first kappa shape index (κ1) is 13.5.